The smallest absolute Gasteiger partial charge is 0.315 e. The van der Waals surface area contributed by atoms with E-state index in [-0.39, 0.29) is 12.1 Å². The van der Waals surface area contributed by atoms with Crippen molar-refractivity contribution < 1.29 is 14.1 Å². The van der Waals surface area contributed by atoms with Crippen molar-refractivity contribution in [3.63, 3.8) is 0 Å². The van der Waals surface area contributed by atoms with Gasteiger partial charge in [0.05, 0.1) is 12.6 Å². The lowest BCUT2D eigenvalue weighted by Gasteiger charge is -2.28. The standard InChI is InChI=1S/C17H22N4O3/c1-10-8-11(2)16-13(9-10)14(5-7-23-16)20-17(22)18-6-4-15-19-12(3)21-24-15/h8-9,14H,4-7H2,1-3H3,(H2,18,20,22). The Hall–Kier alpha value is -2.57. The molecule has 1 aromatic carbocycles. The maximum atomic E-state index is 12.2. The van der Waals surface area contributed by atoms with Crippen LogP contribution in [0.3, 0.4) is 0 Å². The summed E-state index contributed by atoms with van der Waals surface area (Å²) < 4.78 is 10.8. The van der Waals surface area contributed by atoms with Crippen molar-refractivity contribution >= 4 is 6.03 Å². The Labute approximate surface area is 140 Å². The highest BCUT2D eigenvalue weighted by molar-refractivity contribution is 5.74. The van der Waals surface area contributed by atoms with Gasteiger partial charge in [-0.2, -0.15) is 4.98 Å². The van der Waals surface area contributed by atoms with Gasteiger partial charge in [-0.05, 0) is 26.3 Å². The molecule has 0 fully saturated rings. The molecule has 2 aromatic rings. The van der Waals surface area contributed by atoms with E-state index in [2.05, 4.69) is 32.9 Å². The Bertz CT molecular complexity index is 741. The fourth-order valence-electron chi connectivity index (χ4n) is 2.96. The zero-order chi connectivity index (χ0) is 17.1. The predicted octanol–water partition coefficient (Wildman–Crippen LogP) is 2.36. The number of ether oxygens (including phenoxy) is 1. The molecule has 128 valence electrons. The first-order chi connectivity index (χ1) is 11.5. The predicted molar refractivity (Wildman–Crippen MR) is 88.0 cm³/mol. The molecule has 0 saturated carbocycles. The Morgan fingerprint density at radius 3 is 2.92 bits per heavy atom. The fraction of sp³-hybridized carbons (Fsp3) is 0.471. The van der Waals surface area contributed by atoms with E-state index in [1.54, 1.807) is 6.92 Å². The number of hydrogen-bond donors (Lipinski definition) is 2. The molecule has 24 heavy (non-hydrogen) atoms. The number of carbonyl (C=O) groups excluding carboxylic acids is 1. The van der Waals surface area contributed by atoms with Crippen molar-refractivity contribution in [3.05, 3.63) is 40.5 Å². The van der Waals surface area contributed by atoms with Gasteiger partial charge in [0.15, 0.2) is 5.82 Å². The monoisotopic (exact) mass is 330 g/mol. The summed E-state index contributed by atoms with van der Waals surface area (Å²) in [4.78, 5) is 16.3. The number of rotatable bonds is 4. The minimum Gasteiger partial charge on any atom is -0.493 e. The molecule has 1 aliphatic heterocycles. The second kappa shape index (κ2) is 6.90. The summed E-state index contributed by atoms with van der Waals surface area (Å²) in [7, 11) is 0. The van der Waals surface area contributed by atoms with Crippen LogP contribution in [0.5, 0.6) is 5.75 Å². The lowest BCUT2D eigenvalue weighted by atomic mass is 9.96. The number of fused-ring (bicyclic) bond motifs is 1. The molecule has 0 saturated heterocycles. The van der Waals surface area contributed by atoms with Crippen molar-refractivity contribution in [3.8, 4) is 5.75 Å². The molecule has 0 radical (unpaired) electrons. The average Bonchev–Trinajstić information content (AvgIpc) is 2.93. The molecule has 3 rings (SSSR count). The lowest BCUT2D eigenvalue weighted by Crippen LogP contribution is -2.40. The quantitative estimate of drug-likeness (QED) is 0.898. The molecule has 1 atom stereocenters. The summed E-state index contributed by atoms with van der Waals surface area (Å²) in [5.74, 6) is 2.01. The molecular formula is C17H22N4O3. The maximum absolute atomic E-state index is 12.2. The topological polar surface area (TPSA) is 89.3 Å². The van der Waals surface area contributed by atoms with Crippen LogP contribution in [-0.2, 0) is 6.42 Å². The van der Waals surface area contributed by atoms with Crippen molar-refractivity contribution in [1.29, 1.82) is 0 Å². The summed E-state index contributed by atoms with van der Waals surface area (Å²) in [6, 6.07) is 3.92. The van der Waals surface area contributed by atoms with Crippen LogP contribution in [0.4, 0.5) is 4.79 Å². The van der Waals surface area contributed by atoms with Gasteiger partial charge in [0.25, 0.3) is 0 Å². The zero-order valence-electron chi connectivity index (χ0n) is 14.2. The van der Waals surface area contributed by atoms with Crippen LogP contribution in [-0.4, -0.2) is 29.3 Å². The molecule has 1 aromatic heterocycles. The van der Waals surface area contributed by atoms with Crippen LogP contribution >= 0.6 is 0 Å². The van der Waals surface area contributed by atoms with Gasteiger partial charge >= 0.3 is 6.03 Å². The highest BCUT2D eigenvalue weighted by Gasteiger charge is 2.24. The summed E-state index contributed by atoms with van der Waals surface area (Å²) >= 11 is 0. The van der Waals surface area contributed by atoms with E-state index in [4.69, 9.17) is 9.26 Å². The number of nitrogens with zero attached hydrogens (tertiary/aromatic N) is 2. The average molecular weight is 330 g/mol. The molecule has 1 unspecified atom stereocenters. The molecule has 2 amide bonds. The number of carbonyl (C=O) groups is 1. The molecule has 0 spiro atoms. The van der Waals surface area contributed by atoms with Gasteiger partial charge < -0.3 is 19.9 Å². The fourth-order valence-corrected chi connectivity index (χ4v) is 2.96. The second-order valence-electron chi connectivity index (χ2n) is 6.08. The summed E-state index contributed by atoms with van der Waals surface area (Å²) in [5, 5.41) is 9.57. The number of benzene rings is 1. The molecule has 2 heterocycles. The number of aromatic nitrogens is 2. The van der Waals surface area contributed by atoms with Crippen molar-refractivity contribution in [2.75, 3.05) is 13.2 Å². The van der Waals surface area contributed by atoms with Gasteiger partial charge in [0.2, 0.25) is 5.89 Å². The highest BCUT2D eigenvalue weighted by Crippen LogP contribution is 2.35. The van der Waals surface area contributed by atoms with Gasteiger partial charge in [-0.3, -0.25) is 0 Å². The molecule has 2 N–H and O–H groups in total. The van der Waals surface area contributed by atoms with Crippen LogP contribution in [0.15, 0.2) is 16.7 Å². The van der Waals surface area contributed by atoms with Crippen LogP contribution in [0.2, 0.25) is 0 Å². The van der Waals surface area contributed by atoms with Crippen LogP contribution in [0, 0.1) is 20.8 Å². The van der Waals surface area contributed by atoms with Crippen molar-refractivity contribution in [2.45, 2.75) is 39.7 Å². The first-order valence-corrected chi connectivity index (χ1v) is 8.10. The number of amides is 2. The number of nitrogens with one attached hydrogen (secondary N) is 2. The summed E-state index contributed by atoms with van der Waals surface area (Å²) in [5.41, 5.74) is 3.31. The van der Waals surface area contributed by atoms with Crippen LogP contribution in [0.25, 0.3) is 0 Å². The Morgan fingerprint density at radius 1 is 1.33 bits per heavy atom. The molecule has 0 bridgehead atoms. The Kier molecular flexibility index (Phi) is 4.69. The first-order valence-electron chi connectivity index (χ1n) is 8.10. The van der Waals surface area contributed by atoms with E-state index >= 15 is 0 Å². The largest absolute Gasteiger partial charge is 0.493 e. The van der Waals surface area contributed by atoms with Gasteiger partial charge in [-0.25, -0.2) is 4.79 Å². The number of urea groups is 1. The third kappa shape index (κ3) is 3.67. The van der Waals surface area contributed by atoms with E-state index in [1.807, 2.05) is 13.8 Å². The van der Waals surface area contributed by atoms with Crippen molar-refractivity contribution in [1.82, 2.24) is 20.8 Å². The third-order valence-electron chi connectivity index (χ3n) is 3.98. The summed E-state index contributed by atoms with van der Waals surface area (Å²) in [6.07, 6.45) is 1.27. The van der Waals surface area contributed by atoms with Crippen LogP contribution in [0.1, 0.15) is 40.9 Å². The van der Waals surface area contributed by atoms with Gasteiger partial charge in [0, 0.05) is 24.9 Å². The van der Waals surface area contributed by atoms with Crippen molar-refractivity contribution in [2.24, 2.45) is 0 Å². The van der Waals surface area contributed by atoms with Gasteiger partial charge in [0.1, 0.15) is 5.75 Å². The zero-order valence-corrected chi connectivity index (χ0v) is 14.2. The van der Waals surface area contributed by atoms with Crippen LogP contribution < -0.4 is 15.4 Å². The third-order valence-corrected chi connectivity index (χ3v) is 3.98. The first kappa shape index (κ1) is 16.3. The molecular weight excluding hydrogens is 308 g/mol. The van der Waals surface area contributed by atoms with E-state index in [9.17, 15) is 4.79 Å². The minimum atomic E-state index is -0.205. The van der Waals surface area contributed by atoms with Gasteiger partial charge in [-0.1, -0.05) is 22.9 Å². The Balaban J connectivity index is 1.57. The maximum Gasteiger partial charge on any atom is 0.315 e. The SMILES string of the molecule is Cc1cc(C)c2c(c1)C(NC(=O)NCCc1nc(C)no1)CCO2. The van der Waals surface area contributed by atoms with E-state index in [0.717, 1.165) is 28.9 Å². The van der Waals surface area contributed by atoms with E-state index < -0.39 is 0 Å². The normalized spacial score (nSPS) is 16.2. The summed E-state index contributed by atoms with van der Waals surface area (Å²) in [6.45, 7) is 6.88. The molecule has 0 aliphatic carbocycles. The molecule has 7 nitrogen and oxygen atoms in total. The lowest BCUT2D eigenvalue weighted by molar-refractivity contribution is 0.222. The van der Waals surface area contributed by atoms with E-state index in [0.29, 0.717) is 31.3 Å². The Morgan fingerprint density at radius 2 is 2.17 bits per heavy atom. The van der Waals surface area contributed by atoms with Gasteiger partial charge in [-0.15, -0.1) is 0 Å². The molecule has 1 aliphatic rings. The molecule has 7 heteroatoms. The highest BCUT2D eigenvalue weighted by atomic mass is 16.5. The minimum absolute atomic E-state index is 0.0435. The second-order valence-corrected chi connectivity index (χ2v) is 6.08. The van der Waals surface area contributed by atoms with E-state index in [1.165, 1.54) is 0 Å². The number of hydrogen-bond acceptors (Lipinski definition) is 5. The number of aryl methyl sites for hydroxylation is 3.